The van der Waals surface area contributed by atoms with Crippen LogP contribution >= 0.6 is 0 Å². The molecule has 9 heteroatoms. The van der Waals surface area contributed by atoms with E-state index in [0.717, 1.165) is 16.9 Å². The van der Waals surface area contributed by atoms with Gasteiger partial charge in [-0.3, -0.25) is 24.1 Å². The third kappa shape index (κ3) is 4.53. The number of phenols is 1. The lowest BCUT2D eigenvalue weighted by atomic mass is 9.59. The third-order valence-electron chi connectivity index (χ3n) is 9.59. The zero-order valence-corrected chi connectivity index (χ0v) is 25.6. The van der Waals surface area contributed by atoms with E-state index in [2.05, 4.69) is 5.32 Å². The Morgan fingerprint density at radius 3 is 2.28 bits per heavy atom. The van der Waals surface area contributed by atoms with Gasteiger partial charge >= 0.3 is 0 Å². The Kier molecular flexibility index (Phi) is 7.11. The minimum Gasteiger partial charge on any atom is -0.507 e. The van der Waals surface area contributed by atoms with Crippen molar-refractivity contribution in [1.29, 1.82) is 0 Å². The van der Waals surface area contributed by atoms with Gasteiger partial charge in [0, 0.05) is 51.7 Å². The number of ketones is 2. The molecule has 7 rings (SSSR count). The summed E-state index contributed by atoms with van der Waals surface area (Å²) in [6, 6.07) is 19.9. The van der Waals surface area contributed by atoms with Crippen LogP contribution in [-0.4, -0.2) is 42.7 Å². The molecule has 0 unspecified atom stereocenters. The number of fused-ring (bicyclic) bond motifs is 3. The third-order valence-corrected chi connectivity index (χ3v) is 9.59. The van der Waals surface area contributed by atoms with Crippen molar-refractivity contribution in [2.45, 2.75) is 25.7 Å². The molecule has 9 nitrogen and oxygen atoms in total. The van der Waals surface area contributed by atoms with E-state index < -0.39 is 23.7 Å². The van der Waals surface area contributed by atoms with E-state index in [1.54, 1.807) is 25.1 Å². The van der Waals surface area contributed by atoms with Crippen molar-refractivity contribution < 1.29 is 33.8 Å². The number of carbonyl (C=O) groups excluding carboxylic acids is 4. The van der Waals surface area contributed by atoms with Gasteiger partial charge in [-0.05, 0) is 68.2 Å². The first-order valence-corrected chi connectivity index (χ1v) is 15.2. The molecule has 1 saturated heterocycles. The van der Waals surface area contributed by atoms with Crippen LogP contribution in [0.4, 0.5) is 17.1 Å². The fourth-order valence-corrected chi connectivity index (χ4v) is 7.51. The number of methoxy groups -OCH3 is 2. The van der Waals surface area contributed by atoms with Gasteiger partial charge in [0.2, 0.25) is 11.8 Å². The van der Waals surface area contributed by atoms with Crippen molar-refractivity contribution in [2.24, 2.45) is 17.8 Å². The van der Waals surface area contributed by atoms with E-state index >= 15 is 0 Å². The van der Waals surface area contributed by atoms with Gasteiger partial charge in [0.05, 0.1) is 31.7 Å². The minimum atomic E-state index is -0.850. The second kappa shape index (κ2) is 11.2. The summed E-state index contributed by atoms with van der Waals surface area (Å²) in [4.78, 5) is 56.6. The molecule has 0 saturated carbocycles. The zero-order valence-electron chi connectivity index (χ0n) is 25.6. The van der Waals surface area contributed by atoms with Gasteiger partial charge < -0.3 is 19.9 Å². The van der Waals surface area contributed by atoms with E-state index in [1.165, 1.54) is 31.3 Å². The van der Waals surface area contributed by atoms with Gasteiger partial charge in [-0.25, -0.2) is 0 Å². The lowest BCUT2D eigenvalue weighted by molar-refractivity contribution is -0.123. The van der Waals surface area contributed by atoms with Crippen LogP contribution in [0.2, 0.25) is 0 Å². The number of nitrogens with zero attached hydrogens (tertiary/aromatic N) is 1. The molecule has 2 amide bonds. The van der Waals surface area contributed by atoms with Gasteiger partial charge in [0.15, 0.2) is 11.6 Å². The Hall–Kier alpha value is -5.44. The van der Waals surface area contributed by atoms with Gasteiger partial charge in [-0.2, -0.15) is 0 Å². The Balaban J connectivity index is 1.29. The van der Waals surface area contributed by atoms with Crippen LogP contribution in [0.5, 0.6) is 17.2 Å². The molecule has 4 atom stereocenters. The van der Waals surface area contributed by atoms with E-state index in [0.29, 0.717) is 28.1 Å². The van der Waals surface area contributed by atoms with Crippen LogP contribution < -0.4 is 19.7 Å². The second-order valence-corrected chi connectivity index (χ2v) is 12.0. The first-order chi connectivity index (χ1) is 22.2. The highest BCUT2D eigenvalue weighted by molar-refractivity contribution is 6.25. The van der Waals surface area contributed by atoms with Gasteiger partial charge in [-0.1, -0.05) is 29.8 Å². The molecule has 3 aromatic rings. The maximum absolute atomic E-state index is 14.3. The SMILES string of the molecule is COc1cc(O)c([C@H]2C3=CC[C@@H]4C(=O)N(c5ccc(Nc6ccccc6)cc5)C(=O)[C@@H]4[C@@H]3CC3=C2C(=O)C=C(C)C3=O)c(OC)c1. The van der Waals surface area contributed by atoms with E-state index in [9.17, 15) is 24.3 Å². The largest absolute Gasteiger partial charge is 0.507 e. The van der Waals surface area contributed by atoms with Crippen LogP contribution in [0.3, 0.4) is 0 Å². The molecule has 3 aliphatic carbocycles. The molecule has 0 radical (unpaired) electrons. The molecule has 1 aliphatic heterocycles. The summed E-state index contributed by atoms with van der Waals surface area (Å²) < 4.78 is 11.0. The number of benzene rings is 3. The quantitative estimate of drug-likeness (QED) is 0.203. The summed E-state index contributed by atoms with van der Waals surface area (Å²) in [7, 11) is 2.92. The Bertz CT molecular complexity index is 1910. The Labute approximate surface area is 265 Å². The number of Topliss-reactive ketones (excluding diaryl/α,β-unsaturated/α-hetero) is 1. The van der Waals surface area contributed by atoms with Crippen LogP contribution in [0.1, 0.15) is 31.2 Å². The van der Waals surface area contributed by atoms with Crippen molar-refractivity contribution >= 4 is 40.4 Å². The van der Waals surface area contributed by atoms with Crippen LogP contribution in [0, 0.1) is 17.8 Å². The number of para-hydroxylation sites is 1. The van der Waals surface area contributed by atoms with Gasteiger partial charge in [0.25, 0.3) is 0 Å². The van der Waals surface area contributed by atoms with Gasteiger partial charge in [0.1, 0.15) is 17.2 Å². The molecule has 1 heterocycles. The Morgan fingerprint density at radius 2 is 1.59 bits per heavy atom. The molecule has 46 heavy (non-hydrogen) atoms. The maximum Gasteiger partial charge on any atom is 0.238 e. The number of aromatic hydroxyl groups is 1. The standard InChI is InChI=1S/C37H32N2O7/c1-19-15-28(40)32-27(35(19)42)18-26-24(33(32)34-29(41)16-23(45-2)17-30(34)46-3)13-14-25-31(26)37(44)39(36(25)43)22-11-9-21(10-12-22)38-20-7-5-4-6-8-20/h4-13,15-17,25-26,31,33,38,41H,14,18H2,1-3H3/t25-,26+,31-,33-/m0/s1. The number of hydrogen-bond acceptors (Lipinski definition) is 8. The van der Waals surface area contributed by atoms with Crippen molar-refractivity contribution in [2.75, 3.05) is 24.4 Å². The summed E-state index contributed by atoms with van der Waals surface area (Å²) in [6.07, 6.45) is 3.66. The predicted molar refractivity (Wildman–Crippen MR) is 171 cm³/mol. The number of amides is 2. The summed E-state index contributed by atoms with van der Waals surface area (Å²) >= 11 is 0. The van der Waals surface area contributed by atoms with E-state index in [1.807, 2.05) is 48.5 Å². The van der Waals surface area contributed by atoms with Crippen molar-refractivity contribution in [3.8, 4) is 17.2 Å². The maximum atomic E-state index is 14.3. The molecule has 232 valence electrons. The zero-order chi connectivity index (χ0) is 32.3. The average molecular weight is 617 g/mol. The van der Waals surface area contributed by atoms with E-state index in [-0.39, 0.29) is 53.3 Å². The van der Waals surface area contributed by atoms with Crippen LogP contribution in [0.15, 0.2) is 101 Å². The predicted octanol–water partition coefficient (Wildman–Crippen LogP) is 5.79. The van der Waals surface area contributed by atoms with Crippen molar-refractivity contribution in [1.82, 2.24) is 0 Å². The summed E-state index contributed by atoms with van der Waals surface area (Å²) in [5, 5.41) is 14.6. The number of imide groups is 1. The van der Waals surface area contributed by atoms with Crippen molar-refractivity contribution in [3.63, 3.8) is 0 Å². The molecular weight excluding hydrogens is 584 g/mol. The number of nitrogens with one attached hydrogen (secondary N) is 1. The fraction of sp³-hybridized carbons (Fsp3) is 0.243. The van der Waals surface area contributed by atoms with Gasteiger partial charge in [-0.15, -0.1) is 0 Å². The summed E-state index contributed by atoms with van der Waals surface area (Å²) in [5.41, 5.74) is 4.11. The Morgan fingerprint density at radius 1 is 0.870 bits per heavy atom. The average Bonchev–Trinajstić information content (AvgIpc) is 3.32. The molecule has 0 bridgehead atoms. The lowest BCUT2D eigenvalue weighted by Gasteiger charge is -2.42. The van der Waals surface area contributed by atoms with Crippen LogP contribution in [-0.2, 0) is 19.2 Å². The van der Waals surface area contributed by atoms with Crippen molar-refractivity contribution in [3.05, 3.63) is 107 Å². The molecular formula is C37H32N2O7. The number of allylic oxidation sites excluding steroid dienone is 6. The molecule has 2 N–H and O–H groups in total. The smallest absolute Gasteiger partial charge is 0.238 e. The highest BCUT2D eigenvalue weighted by atomic mass is 16.5. The number of ether oxygens (including phenoxy) is 2. The monoisotopic (exact) mass is 616 g/mol. The fourth-order valence-electron chi connectivity index (χ4n) is 7.51. The molecule has 0 spiro atoms. The molecule has 3 aromatic carbocycles. The molecule has 4 aliphatic rings. The lowest BCUT2D eigenvalue weighted by Crippen LogP contribution is -2.40. The first-order valence-electron chi connectivity index (χ1n) is 15.2. The number of phenolic OH excluding ortho intramolecular Hbond substituents is 1. The number of anilines is 3. The summed E-state index contributed by atoms with van der Waals surface area (Å²) in [5.74, 6) is -3.52. The normalized spacial score (nSPS) is 23.8. The topological polar surface area (TPSA) is 122 Å². The van der Waals surface area contributed by atoms with Crippen LogP contribution in [0.25, 0.3) is 0 Å². The summed E-state index contributed by atoms with van der Waals surface area (Å²) in [6.45, 7) is 1.60. The molecule has 0 aromatic heterocycles. The minimum absolute atomic E-state index is 0.139. The highest BCUT2D eigenvalue weighted by Crippen LogP contribution is 2.58. The number of carbonyl (C=O) groups is 4. The number of hydrogen-bond donors (Lipinski definition) is 2. The highest BCUT2D eigenvalue weighted by Gasteiger charge is 2.57. The number of rotatable bonds is 6. The molecule has 1 fully saturated rings. The second-order valence-electron chi connectivity index (χ2n) is 12.0. The first kappa shape index (κ1) is 29.3. The van der Waals surface area contributed by atoms with E-state index in [4.69, 9.17) is 9.47 Å².